The highest BCUT2D eigenvalue weighted by atomic mass is 79.9. The highest BCUT2D eigenvalue weighted by Gasteiger charge is 2.08. The Bertz CT molecular complexity index is 628. The summed E-state index contributed by atoms with van der Waals surface area (Å²) in [5.41, 5.74) is 2.79. The van der Waals surface area contributed by atoms with E-state index in [0.29, 0.717) is 17.9 Å². The standard InChI is InChI=1S/C16H15BrClNO/c1-11-14(18)7-4-8-15(11)19-16(20)10-9-12-5-2-3-6-13(12)17/h2-8H,9-10H2,1H3,(H,19,20). The number of hydrogen-bond donors (Lipinski definition) is 1. The number of carbonyl (C=O) groups is 1. The Labute approximate surface area is 132 Å². The first kappa shape index (κ1) is 15.1. The predicted molar refractivity (Wildman–Crippen MR) is 87.3 cm³/mol. The molecule has 0 aromatic heterocycles. The van der Waals surface area contributed by atoms with E-state index >= 15 is 0 Å². The average molecular weight is 353 g/mol. The van der Waals surface area contributed by atoms with E-state index in [0.717, 1.165) is 21.3 Å². The summed E-state index contributed by atoms with van der Waals surface area (Å²) < 4.78 is 1.03. The molecule has 0 aliphatic heterocycles. The maximum Gasteiger partial charge on any atom is 0.224 e. The molecule has 2 nitrogen and oxygen atoms in total. The van der Waals surface area contributed by atoms with Gasteiger partial charge in [0.25, 0.3) is 0 Å². The van der Waals surface area contributed by atoms with Crippen molar-refractivity contribution in [3.05, 3.63) is 63.1 Å². The van der Waals surface area contributed by atoms with E-state index in [1.165, 1.54) is 0 Å². The summed E-state index contributed by atoms with van der Waals surface area (Å²) in [4.78, 5) is 12.0. The fraction of sp³-hybridized carbons (Fsp3) is 0.188. The quantitative estimate of drug-likeness (QED) is 0.826. The molecule has 0 unspecified atom stereocenters. The number of hydrogen-bond acceptors (Lipinski definition) is 1. The number of carbonyl (C=O) groups excluding carboxylic acids is 1. The minimum Gasteiger partial charge on any atom is -0.326 e. The van der Waals surface area contributed by atoms with Gasteiger partial charge in [0.05, 0.1) is 0 Å². The van der Waals surface area contributed by atoms with Crippen molar-refractivity contribution in [2.75, 3.05) is 5.32 Å². The monoisotopic (exact) mass is 351 g/mol. The molecule has 0 saturated carbocycles. The molecule has 0 atom stereocenters. The fourth-order valence-corrected chi connectivity index (χ4v) is 2.56. The molecule has 20 heavy (non-hydrogen) atoms. The fourth-order valence-electron chi connectivity index (χ4n) is 1.90. The summed E-state index contributed by atoms with van der Waals surface area (Å²) in [7, 11) is 0. The van der Waals surface area contributed by atoms with Gasteiger partial charge in [0, 0.05) is 21.6 Å². The minimum atomic E-state index is -0.00822. The lowest BCUT2D eigenvalue weighted by atomic mass is 10.1. The van der Waals surface area contributed by atoms with Crippen molar-refractivity contribution in [3.63, 3.8) is 0 Å². The molecule has 0 fully saturated rings. The van der Waals surface area contributed by atoms with Crippen LogP contribution in [0.3, 0.4) is 0 Å². The number of anilines is 1. The van der Waals surface area contributed by atoms with Crippen molar-refractivity contribution in [2.45, 2.75) is 19.8 Å². The molecule has 1 amide bonds. The van der Waals surface area contributed by atoms with Gasteiger partial charge in [-0.15, -0.1) is 0 Å². The van der Waals surface area contributed by atoms with Crippen LogP contribution in [0, 0.1) is 6.92 Å². The van der Waals surface area contributed by atoms with Gasteiger partial charge in [-0.1, -0.05) is 51.8 Å². The van der Waals surface area contributed by atoms with Gasteiger partial charge < -0.3 is 5.32 Å². The number of rotatable bonds is 4. The van der Waals surface area contributed by atoms with Gasteiger partial charge in [0.2, 0.25) is 5.91 Å². The van der Waals surface area contributed by atoms with Crippen LogP contribution in [0.25, 0.3) is 0 Å². The Morgan fingerprint density at radius 2 is 1.95 bits per heavy atom. The van der Waals surface area contributed by atoms with Crippen LogP contribution in [0.15, 0.2) is 46.9 Å². The lowest BCUT2D eigenvalue weighted by molar-refractivity contribution is -0.116. The summed E-state index contributed by atoms with van der Waals surface area (Å²) in [6, 6.07) is 13.4. The van der Waals surface area contributed by atoms with E-state index in [2.05, 4.69) is 21.2 Å². The number of aryl methyl sites for hydroxylation is 1. The second kappa shape index (κ2) is 6.91. The van der Waals surface area contributed by atoms with Crippen LogP contribution in [0.1, 0.15) is 17.5 Å². The normalized spacial score (nSPS) is 10.3. The second-order valence-electron chi connectivity index (χ2n) is 4.55. The number of benzene rings is 2. The summed E-state index contributed by atoms with van der Waals surface area (Å²) in [5.74, 6) is -0.00822. The number of halogens is 2. The molecule has 0 spiro atoms. The highest BCUT2D eigenvalue weighted by molar-refractivity contribution is 9.10. The first-order valence-corrected chi connectivity index (χ1v) is 7.53. The second-order valence-corrected chi connectivity index (χ2v) is 5.81. The van der Waals surface area contributed by atoms with E-state index in [1.54, 1.807) is 0 Å². The van der Waals surface area contributed by atoms with Gasteiger partial charge in [-0.2, -0.15) is 0 Å². The van der Waals surface area contributed by atoms with Crippen molar-refractivity contribution >= 4 is 39.1 Å². The summed E-state index contributed by atoms with van der Waals surface area (Å²) in [5, 5.41) is 3.56. The Kier molecular flexibility index (Phi) is 5.21. The Morgan fingerprint density at radius 3 is 2.70 bits per heavy atom. The summed E-state index contributed by atoms with van der Waals surface area (Å²) in [6.07, 6.45) is 1.14. The Morgan fingerprint density at radius 1 is 1.20 bits per heavy atom. The van der Waals surface area contributed by atoms with Crippen LogP contribution < -0.4 is 5.32 Å². The van der Waals surface area contributed by atoms with Crippen LogP contribution >= 0.6 is 27.5 Å². The molecule has 0 heterocycles. The van der Waals surface area contributed by atoms with Crippen LogP contribution in [-0.2, 0) is 11.2 Å². The van der Waals surface area contributed by atoms with Gasteiger partial charge >= 0.3 is 0 Å². The van der Waals surface area contributed by atoms with E-state index in [4.69, 9.17) is 11.6 Å². The largest absolute Gasteiger partial charge is 0.326 e. The molecule has 1 N–H and O–H groups in total. The van der Waals surface area contributed by atoms with Crippen molar-refractivity contribution < 1.29 is 4.79 Å². The topological polar surface area (TPSA) is 29.1 Å². The van der Waals surface area contributed by atoms with Crippen LogP contribution in [0.2, 0.25) is 5.02 Å². The third-order valence-corrected chi connectivity index (χ3v) is 4.30. The molecule has 0 aliphatic rings. The van der Waals surface area contributed by atoms with Crippen LogP contribution in [0.5, 0.6) is 0 Å². The molecule has 2 aromatic rings. The molecular formula is C16H15BrClNO. The summed E-state index contributed by atoms with van der Waals surface area (Å²) in [6.45, 7) is 1.89. The van der Waals surface area contributed by atoms with Crippen molar-refractivity contribution in [1.29, 1.82) is 0 Å². The number of nitrogens with one attached hydrogen (secondary N) is 1. The lowest BCUT2D eigenvalue weighted by Crippen LogP contribution is -2.13. The van der Waals surface area contributed by atoms with E-state index in [1.807, 2.05) is 49.4 Å². The number of amides is 1. The Balaban J connectivity index is 1.96. The molecule has 0 saturated heterocycles. The molecule has 2 rings (SSSR count). The predicted octanol–water partition coefficient (Wildman–Crippen LogP) is 4.98. The van der Waals surface area contributed by atoms with Crippen molar-refractivity contribution in [3.8, 4) is 0 Å². The first-order chi connectivity index (χ1) is 9.58. The zero-order valence-electron chi connectivity index (χ0n) is 11.1. The molecule has 104 valence electrons. The third kappa shape index (κ3) is 3.84. The highest BCUT2D eigenvalue weighted by Crippen LogP contribution is 2.23. The maximum atomic E-state index is 12.0. The van der Waals surface area contributed by atoms with E-state index in [-0.39, 0.29) is 5.91 Å². The molecule has 4 heteroatoms. The van der Waals surface area contributed by atoms with Crippen LogP contribution in [-0.4, -0.2) is 5.91 Å². The van der Waals surface area contributed by atoms with E-state index in [9.17, 15) is 4.79 Å². The third-order valence-electron chi connectivity index (χ3n) is 3.12. The van der Waals surface area contributed by atoms with Gasteiger partial charge in [-0.05, 0) is 42.7 Å². The molecule has 2 aromatic carbocycles. The zero-order chi connectivity index (χ0) is 14.5. The molecule has 0 aliphatic carbocycles. The summed E-state index contributed by atoms with van der Waals surface area (Å²) >= 11 is 9.52. The average Bonchev–Trinajstić information content (AvgIpc) is 2.43. The smallest absolute Gasteiger partial charge is 0.224 e. The van der Waals surface area contributed by atoms with Gasteiger partial charge in [0.1, 0.15) is 0 Å². The van der Waals surface area contributed by atoms with Crippen LogP contribution in [0.4, 0.5) is 5.69 Å². The lowest BCUT2D eigenvalue weighted by Gasteiger charge is -2.10. The minimum absolute atomic E-state index is 0.00822. The van der Waals surface area contributed by atoms with E-state index < -0.39 is 0 Å². The Hall–Kier alpha value is -1.32. The molecular weight excluding hydrogens is 338 g/mol. The van der Waals surface area contributed by atoms with Gasteiger partial charge in [-0.25, -0.2) is 0 Å². The maximum absolute atomic E-state index is 12.0. The molecule has 0 bridgehead atoms. The van der Waals surface area contributed by atoms with Gasteiger partial charge in [-0.3, -0.25) is 4.79 Å². The SMILES string of the molecule is Cc1c(Cl)cccc1NC(=O)CCc1ccccc1Br. The van der Waals surface area contributed by atoms with Crippen molar-refractivity contribution in [1.82, 2.24) is 0 Å². The van der Waals surface area contributed by atoms with Crippen molar-refractivity contribution in [2.24, 2.45) is 0 Å². The zero-order valence-corrected chi connectivity index (χ0v) is 13.5. The van der Waals surface area contributed by atoms with Gasteiger partial charge in [0.15, 0.2) is 0 Å². The molecule has 0 radical (unpaired) electrons. The first-order valence-electron chi connectivity index (χ1n) is 6.36.